The molecule has 0 aliphatic carbocycles. The van der Waals surface area contributed by atoms with Gasteiger partial charge < -0.3 is 4.74 Å². The standard InChI is InChI=1S/C26H26BrFN2O/c1-3-4-5-8-15-31-25-10-7-6-9-20(25)18-11-13-21(23(28)16-18)26-22-17-19(27)12-14-24(22)30(2)29-26/h6-7,9-14,16-17H,3-5,8,15H2,1-2H3. The number of halogens is 2. The quantitative estimate of drug-likeness (QED) is 0.241. The first-order chi connectivity index (χ1) is 15.1. The van der Waals surface area contributed by atoms with Crippen molar-refractivity contribution in [1.29, 1.82) is 0 Å². The van der Waals surface area contributed by atoms with Crippen LogP contribution in [0.3, 0.4) is 0 Å². The highest BCUT2D eigenvalue weighted by Crippen LogP contribution is 2.35. The molecule has 160 valence electrons. The summed E-state index contributed by atoms with van der Waals surface area (Å²) in [5.74, 6) is 0.494. The first-order valence-electron chi connectivity index (χ1n) is 10.7. The lowest BCUT2D eigenvalue weighted by molar-refractivity contribution is 0.306. The van der Waals surface area contributed by atoms with E-state index in [1.807, 2.05) is 61.6 Å². The van der Waals surface area contributed by atoms with E-state index in [9.17, 15) is 0 Å². The third-order valence-corrected chi connectivity index (χ3v) is 5.98. The summed E-state index contributed by atoms with van der Waals surface area (Å²) in [7, 11) is 1.88. The largest absolute Gasteiger partial charge is 0.493 e. The van der Waals surface area contributed by atoms with Gasteiger partial charge >= 0.3 is 0 Å². The fourth-order valence-electron chi connectivity index (χ4n) is 3.85. The average molecular weight is 481 g/mol. The van der Waals surface area contributed by atoms with Gasteiger partial charge in [0.05, 0.1) is 12.1 Å². The van der Waals surface area contributed by atoms with Gasteiger partial charge in [0.25, 0.3) is 0 Å². The first kappa shape index (κ1) is 21.6. The molecule has 4 aromatic rings. The van der Waals surface area contributed by atoms with Crippen molar-refractivity contribution < 1.29 is 9.13 Å². The first-order valence-corrected chi connectivity index (χ1v) is 11.5. The summed E-state index contributed by atoms with van der Waals surface area (Å²) in [5, 5.41) is 5.49. The van der Waals surface area contributed by atoms with Crippen LogP contribution >= 0.6 is 15.9 Å². The third-order valence-electron chi connectivity index (χ3n) is 5.49. The van der Waals surface area contributed by atoms with Crippen LogP contribution in [0.15, 0.2) is 65.1 Å². The van der Waals surface area contributed by atoms with E-state index >= 15 is 4.39 Å². The van der Waals surface area contributed by atoms with Gasteiger partial charge in [-0.2, -0.15) is 5.10 Å². The average Bonchev–Trinajstić information content (AvgIpc) is 3.09. The van der Waals surface area contributed by atoms with Crippen LogP contribution in [-0.4, -0.2) is 16.4 Å². The summed E-state index contributed by atoms with van der Waals surface area (Å²) in [6.45, 7) is 2.87. The highest BCUT2D eigenvalue weighted by atomic mass is 79.9. The molecule has 5 heteroatoms. The molecule has 0 amide bonds. The zero-order chi connectivity index (χ0) is 21.8. The molecule has 4 rings (SSSR count). The van der Waals surface area contributed by atoms with Crippen LogP contribution < -0.4 is 4.74 Å². The smallest absolute Gasteiger partial charge is 0.133 e. The van der Waals surface area contributed by atoms with Gasteiger partial charge in [0, 0.05) is 28.0 Å². The van der Waals surface area contributed by atoms with Crippen molar-refractivity contribution in [1.82, 2.24) is 9.78 Å². The molecular weight excluding hydrogens is 455 g/mol. The summed E-state index contributed by atoms with van der Waals surface area (Å²) in [6.07, 6.45) is 4.61. The molecule has 0 saturated carbocycles. The van der Waals surface area contributed by atoms with Crippen molar-refractivity contribution in [3.63, 3.8) is 0 Å². The van der Waals surface area contributed by atoms with Crippen LogP contribution in [0.4, 0.5) is 4.39 Å². The Morgan fingerprint density at radius 2 is 1.81 bits per heavy atom. The van der Waals surface area contributed by atoms with E-state index in [0.717, 1.165) is 45.1 Å². The highest BCUT2D eigenvalue weighted by molar-refractivity contribution is 9.10. The molecule has 0 saturated heterocycles. The summed E-state index contributed by atoms with van der Waals surface area (Å²) in [5.41, 5.74) is 3.79. The second kappa shape index (κ2) is 9.65. The zero-order valence-electron chi connectivity index (χ0n) is 17.9. The van der Waals surface area contributed by atoms with Crippen molar-refractivity contribution in [2.75, 3.05) is 6.61 Å². The lowest BCUT2D eigenvalue weighted by Gasteiger charge is -2.12. The maximum Gasteiger partial charge on any atom is 0.133 e. The Morgan fingerprint density at radius 1 is 0.968 bits per heavy atom. The van der Waals surface area contributed by atoms with Gasteiger partial charge in [-0.1, -0.05) is 66.4 Å². The fourth-order valence-corrected chi connectivity index (χ4v) is 4.21. The van der Waals surface area contributed by atoms with E-state index in [4.69, 9.17) is 4.74 Å². The second-order valence-electron chi connectivity index (χ2n) is 7.73. The number of benzene rings is 3. The molecule has 1 heterocycles. The van der Waals surface area contributed by atoms with E-state index in [0.29, 0.717) is 17.9 Å². The number of hydrogen-bond acceptors (Lipinski definition) is 2. The van der Waals surface area contributed by atoms with Crippen LogP contribution in [0, 0.1) is 5.82 Å². The number of rotatable bonds is 8. The number of fused-ring (bicyclic) bond motifs is 1. The Balaban J connectivity index is 1.64. The Bertz CT molecular complexity index is 1200. The summed E-state index contributed by atoms with van der Waals surface area (Å²) in [4.78, 5) is 0. The van der Waals surface area contributed by atoms with Crippen LogP contribution in [0.25, 0.3) is 33.3 Å². The van der Waals surface area contributed by atoms with Crippen LogP contribution in [0.5, 0.6) is 5.75 Å². The maximum atomic E-state index is 15.3. The summed E-state index contributed by atoms with van der Waals surface area (Å²) in [6, 6.07) is 19.1. The molecule has 0 atom stereocenters. The van der Waals surface area contributed by atoms with Gasteiger partial charge in [0.15, 0.2) is 0 Å². The normalized spacial score (nSPS) is 11.2. The summed E-state index contributed by atoms with van der Waals surface area (Å²) < 4.78 is 24.0. The van der Waals surface area contributed by atoms with Gasteiger partial charge in [-0.25, -0.2) is 4.39 Å². The molecule has 0 radical (unpaired) electrons. The third kappa shape index (κ3) is 4.67. The Morgan fingerprint density at radius 3 is 2.61 bits per heavy atom. The van der Waals surface area contributed by atoms with Gasteiger partial charge in [-0.15, -0.1) is 0 Å². The molecule has 0 aliphatic heterocycles. The number of nitrogens with zero attached hydrogens (tertiary/aromatic N) is 2. The van der Waals surface area contributed by atoms with E-state index in [-0.39, 0.29) is 5.82 Å². The lowest BCUT2D eigenvalue weighted by atomic mass is 10.00. The number of aromatic nitrogens is 2. The van der Waals surface area contributed by atoms with E-state index in [2.05, 4.69) is 28.0 Å². The number of hydrogen-bond donors (Lipinski definition) is 0. The van der Waals surface area contributed by atoms with Crippen LogP contribution in [-0.2, 0) is 7.05 Å². The van der Waals surface area contributed by atoms with Gasteiger partial charge in [-0.05, 0) is 48.4 Å². The van der Waals surface area contributed by atoms with E-state index < -0.39 is 0 Å². The minimum Gasteiger partial charge on any atom is -0.493 e. The number of unbranched alkanes of at least 4 members (excludes halogenated alkanes) is 3. The predicted molar refractivity (Wildman–Crippen MR) is 129 cm³/mol. The molecule has 0 fully saturated rings. The van der Waals surface area contributed by atoms with Crippen molar-refractivity contribution in [2.24, 2.45) is 7.05 Å². The number of para-hydroxylation sites is 1. The molecule has 0 N–H and O–H groups in total. The van der Waals surface area contributed by atoms with Crippen LogP contribution in [0.1, 0.15) is 32.6 Å². The SMILES string of the molecule is CCCCCCOc1ccccc1-c1ccc(-c2nn(C)c3ccc(Br)cc23)c(F)c1. The van der Waals surface area contributed by atoms with E-state index in [1.54, 1.807) is 10.7 Å². The minimum atomic E-state index is -0.296. The highest BCUT2D eigenvalue weighted by Gasteiger charge is 2.16. The zero-order valence-corrected chi connectivity index (χ0v) is 19.5. The molecular formula is C26H26BrFN2O. The van der Waals surface area contributed by atoms with Crippen molar-refractivity contribution in [3.8, 4) is 28.1 Å². The molecule has 3 aromatic carbocycles. The molecule has 1 aromatic heterocycles. The van der Waals surface area contributed by atoms with Crippen LogP contribution in [0.2, 0.25) is 0 Å². The second-order valence-corrected chi connectivity index (χ2v) is 8.65. The van der Waals surface area contributed by atoms with Gasteiger partial charge in [-0.3, -0.25) is 4.68 Å². The topological polar surface area (TPSA) is 27.1 Å². The Hall–Kier alpha value is -2.66. The molecule has 0 bridgehead atoms. The molecule has 0 aliphatic rings. The van der Waals surface area contributed by atoms with Gasteiger partial charge in [0.1, 0.15) is 17.3 Å². The Kier molecular flexibility index (Phi) is 6.71. The van der Waals surface area contributed by atoms with Crippen molar-refractivity contribution in [2.45, 2.75) is 32.6 Å². The monoisotopic (exact) mass is 480 g/mol. The fraction of sp³-hybridized carbons (Fsp3) is 0.269. The van der Waals surface area contributed by atoms with Crippen molar-refractivity contribution >= 4 is 26.8 Å². The molecule has 31 heavy (non-hydrogen) atoms. The molecule has 3 nitrogen and oxygen atoms in total. The molecule has 0 spiro atoms. The maximum absolute atomic E-state index is 15.3. The minimum absolute atomic E-state index is 0.296. The lowest BCUT2D eigenvalue weighted by Crippen LogP contribution is -1.99. The number of aryl methyl sites for hydroxylation is 1. The Labute approximate surface area is 191 Å². The molecule has 0 unspecified atom stereocenters. The predicted octanol–water partition coefficient (Wildman–Crippen LogP) is 7.77. The summed E-state index contributed by atoms with van der Waals surface area (Å²) >= 11 is 3.51. The van der Waals surface area contributed by atoms with E-state index in [1.165, 1.54) is 12.8 Å². The van der Waals surface area contributed by atoms with Crippen molar-refractivity contribution in [3.05, 3.63) is 71.0 Å². The number of ether oxygens (including phenoxy) is 1. The van der Waals surface area contributed by atoms with Gasteiger partial charge in [0.2, 0.25) is 0 Å².